The lowest BCUT2D eigenvalue weighted by Crippen LogP contribution is -2.40. The Bertz CT molecular complexity index is 442. The molecule has 4 heteroatoms. The molecule has 1 aromatic rings. The number of hydrogen-bond donors (Lipinski definition) is 2. The van der Waals surface area contributed by atoms with E-state index in [2.05, 4.69) is 17.6 Å². The van der Waals surface area contributed by atoms with Crippen molar-refractivity contribution in [2.24, 2.45) is 5.92 Å². The van der Waals surface area contributed by atoms with E-state index in [1.807, 2.05) is 30.5 Å². The predicted molar refractivity (Wildman–Crippen MR) is 86.4 cm³/mol. The molecule has 0 radical (unpaired) electrons. The minimum absolute atomic E-state index is 0.0804. The van der Waals surface area contributed by atoms with Crippen molar-refractivity contribution < 1.29 is 4.79 Å². The maximum absolute atomic E-state index is 12.0. The third-order valence-corrected chi connectivity index (χ3v) is 4.81. The van der Waals surface area contributed by atoms with E-state index in [1.165, 1.54) is 19.3 Å². The molecule has 1 aliphatic carbocycles. The van der Waals surface area contributed by atoms with Crippen LogP contribution in [0.25, 0.3) is 0 Å². The summed E-state index contributed by atoms with van der Waals surface area (Å²) in [6, 6.07) is 8.18. The molecule has 0 saturated heterocycles. The standard InChI is InChI=1S/C16H24N2OS/c1-3-12-7-9-13(10-8-12)17-16(19)18-14-5-4-6-15(11-14)20-2/h4-6,11-13H,3,7-10H2,1-2H3,(H2,17,18,19). The number of nitrogens with one attached hydrogen (secondary N) is 2. The molecule has 3 nitrogen and oxygen atoms in total. The summed E-state index contributed by atoms with van der Waals surface area (Å²) in [7, 11) is 0. The smallest absolute Gasteiger partial charge is 0.319 e. The third-order valence-electron chi connectivity index (χ3n) is 4.09. The topological polar surface area (TPSA) is 41.1 Å². The number of rotatable bonds is 4. The Morgan fingerprint density at radius 2 is 2.05 bits per heavy atom. The van der Waals surface area contributed by atoms with Crippen molar-refractivity contribution in [1.82, 2.24) is 5.32 Å². The van der Waals surface area contributed by atoms with E-state index in [9.17, 15) is 4.79 Å². The zero-order chi connectivity index (χ0) is 14.4. The van der Waals surface area contributed by atoms with Gasteiger partial charge in [0.05, 0.1) is 0 Å². The van der Waals surface area contributed by atoms with Crippen LogP contribution in [0.4, 0.5) is 10.5 Å². The lowest BCUT2D eigenvalue weighted by Gasteiger charge is -2.28. The van der Waals surface area contributed by atoms with Gasteiger partial charge in [0.1, 0.15) is 0 Å². The molecular weight excluding hydrogens is 268 g/mol. The van der Waals surface area contributed by atoms with Crippen LogP contribution in [0, 0.1) is 5.92 Å². The average molecular weight is 292 g/mol. The van der Waals surface area contributed by atoms with Crippen LogP contribution in [0.3, 0.4) is 0 Å². The summed E-state index contributed by atoms with van der Waals surface area (Å²) in [6.45, 7) is 2.25. The lowest BCUT2D eigenvalue weighted by atomic mass is 9.85. The fraction of sp³-hybridized carbons (Fsp3) is 0.562. The summed E-state index contributed by atoms with van der Waals surface area (Å²) in [5.41, 5.74) is 0.858. The normalized spacial score (nSPS) is 22.3. The van der Waals surface area contributed by atoms with E-state index in [1.54, 1.807) is 11.8 Å². The molecule has 1 saturated carbocycles. The number of urea groups is 1. The van der Waals surface area contributed by atoms with Crippen molar-refractivity contribution in [3.05, 3.63) is 24.3 Å². The quantitative estimate of drug-likeness (QED) is 0.802. The molecule has 20 heavy (non-hydrogen) atoms. The third kappa shape index (κ3) is 4.44. The van der Waals surface area contributed by atoms with Crippen LogP contribution < -0.4 is 10.6 Å². The second-order valence-corrected chi connectivity index (χ2v) is 6.34. The summed E-state index contributed by atoms with van der Waals surface area (Å²) in [6.07, 6.45) is 7.99. The van der Waals surface area contributed by atoms with Crippen LogP contribution in [0.2, 0.25) is 0 Å². The van der Waals surface area contributed by atoms with Crippen molar-refractivity contribution in [3.63, 3.8) is 0 Å². The minimum Gasteiger partial charge on any atom is -0.335 e. The lowest BCUT2D eigenvalue weighted by molar-refractivity contribution is 0.237. The first-order valence-electron chi connectivity index (χ1n) is 7.42. The highest BCUT2D eigenvalue weighted by atomic mass is 32.2. The number of thioether (sulfide) groups is 1. The molecule has 0 bridgehead atoms. The van der Waals surface area contributed by atoms with Crippen molar-refractivity contribution in [1.29, 1.82) is 0 Å². The van der Waals surface area contributed by atoms with Crippen molar-refractivity contribution in [3.8, 4) is 0 Å². The molecule has 1 aliphatic rings. The van der Waals surface area contributed by atoms with Gasteiger partial charge in [-0.2, -0.15) is 0 Å². The van der Waals surface area contributed by atoms with Gasteiger partial charge in [-0.3, -0.25) is 0 Å². The highest BCUT2D eigenvalue weighted by Crippen LogP contribution is 2.26. The van der Waals surface area contributed by atoms with Gasteiger partial charge in [0.25, 0.3) is 0 Å². The van der Waals surface area contributed by atoms with E-state index in [0.717, 1.165) is 29.3 Å². The highest BCUT2D eigenvalue weighted by molar-refractivity contribution is 7.98. The van der Waals surface area contributed by atoms with Gasteiger partial charge in [0.15, 0.2) is 0 Å². The number of carbonyl (C=O) groups is 1. The van der Waals surface area contributed by atoms with E-state index in [-0.39, 0.29) is 6.03 Å². The highest BCUT2D eigenvalue weighted by Gasteiger charge is 2.21. The molecule has 0 aliphatic heterocycles. The van der Waals surface area contributed by atoms with Crippen LogP contribution in [-0.4, -0.2) is 18.3 Å². The van der Waals surface area contributed by atoms with Gasteiger partial charge in [0, 0.05) is 16.6 Å². The summed E-state index contributed by atoms with van der Waals surface area (Å²) in [5.74, 6) is 0.856. The Morgan fingerprint density at radius 1 is 1.30 bits per heavy atom. The van der Waals surface area contributed by atoms with E-state index in [4.69, 9.17) is 0 Å². The molecule has 1 fully saturated rings. The fourth-order valence-corrected chi connectivity index (χ4v) is 3.23. The van der Waals surface area contributed by atoms with Crippen LogP contribution in [-0.2, 0) is 0 Å². The maximum atomic E-state index is 12.0. The Balaban J connectivity index is 1.80. The first-order chi connectivity index (χ1) is 9.71. The van der Waals surface area contributed by atoms with Crippen molar-refractivity contribution >= 4 is 23.5 Å². The van der Waals surface area contributed by atoms with Gasteiger partial charge < -0.3 is 10.6 Å². The molecule has 1 aromatic carbocycles. The number of carbonyl (C=O) groups excluding carboxylic acids is 1. The maximum Gasteiger partial charge on any atom is 0.319 e. The molecule has 0 aromatic heterocycles. The Morgan fingerprint density at radius 3 is 2.70 bits per heavy atom. The molecule has 0 unspecified atom stereocenters. The average Bonchev–Trinajstić information content (AvgIpc) is 2.48. The predicted octanol–water partition coefficient (Wildman–Crippen LogP) is 4.50. The van der Waals surface area contributed by atoms with Crippen molar-refractivity contribution in [2.45, 2.75) is 50.0 Å². The second-order valence-electron chi connectivity index (χ2n) is 5.46. The molecule has 2 N–H and O–H groups in total. The summed E-state index contributed by atoms with van der Waals surface area (Å²) in [5, 5.41) is 6.02. The van der Waals surface area contributed by atoms with Crippen molar-refractivity contribution in [2.75, 3.05) is 11.6 Å². The van der Waals surface area contributed by atoms with Gasteiger partial charge in [-0.25, -0.2) is 4.79 Å². The fourth-order valence-electron chi connectivity index (χ4n) is 2.77. The largest absolute Gasteiger partial charge is 0.335 e. The first-order valence-corrected chi connectivity index (χ1v) is 8.65. The second kappa shape index (κ2) is 7.58. The van der Waals surface area contributed by atoms with Gasteiger partial charge in [-0.1, -0.05) is 19.4 Å². The zero-order valence-electron chi connectivity index (χ0n) is 12.3. The van der Waals surface area contributed by atoms with Gasteiger partial charge in [-0.15, -0.1) is 11.8 Å². The van der Waals surface area contributed by atoms with Crippen LogP contribution in [0.15, 0.2) is 29.2 Å². The molecule has 0 spiro atoms. The van der Waals surface area contributed by atoms with Gasteiger partial charge >= 0.3 is 6.03 Å². The minimum atomic E-state index is -0.0804. The number of anilines is 1. The molecular formula is C16H24N2OS. The first kappa shape index (κ1) is 15.2. The van der Waals surface area contributed by atoms with Gasteiger partial charge in [0.2, 0.25) is 0 Å². The molecule has 2 amide bonds. The number of amides is 2. The number of hydrogen-bond acceptors (Lipinski definition) is 2. The van der Waals surface area contributed by atoms with Crippen LogP contribution >= 0.6 is 11.8 Å². The Kier molecular flexibility index (Phi) is 5.77. The Labute approximate surface area is 125 Å². The summed E-state index contributed by atoms with van der Waals surface area (Å²) >= 11 is 1.68. The zero-order valence-corrected chi connectivity index (χ0v) is 13.1. The summed E-state index contributed by atoms with van der Waals surface area (Å²) < 4.78 is 0. The van der Waals surface area contributed by atoms with E-state index >= 15 is 0 Å². The molecule has 110 valence electrons. The van der Waals surface area contributed by atoms with E-state index in [0.29, 0.717) is 6.04 Å². The van der Waals surface area contributed by atoms with Crippen LogP contribution in [0.1, 0.15) is 39.0 Å². The number of benzene rings is 1. The van der Waals surface area contributed by atoms with E-state index < -0.39 is 0 Å². The van der Waals surface area contributed by atoms with Crippen LogP contribution in [0.5, 0.6) is 0 Å². The Hall–Kier alpha value is -1.16. The summed E-state index contributed by atoms with van der Waals surface area (Å²) in [4.78, 5) is 13.2. The monoisotopic (exact) mass is 292 g/mol. The molecule has 0 atom stereocenters. The SMILES string of the molecule is CCC1CCC(NC(=O)Nc2cccc(SC)c2)CC1. The molecule has 0 heterocycles. The molecule has 2 rings (SSSR count). The van der Waals surface area contributed by atoms with Gasteiger partial charge in [-0.05, 0) is 56.1 Å².